The molecule has 1 fully saturated rings. The molecule has 1 aliphatic rings. The van der Waals surface area contributed by atoms with Crippen LogP contribution >= 0.6 is 15.9 Å². The summed E-state index contributed by atoms with van der Waals surface area (Å²) in [7, 11) is 1.82. The Morgan fingerprint density at radius 2 is 2.41 bits per heavy atom. The van der Waals surface area contributed by atoms with E-state index < -0.39 is 0 Å². The molecule has 0 aromatic carbocycles. The minimum atomic E-state index is 0.201. The average molecular weight is 299 g/mol. The summed E-state index contributed by atoms with van der Waals surface area (Å²) in [4.78, 5) is 17.3. The van der Waals surface area contributed by atoms with Crippen LogP contribution in [0.3, 0.4) is 0 Å². The molecule has 1 aliphatic heterocycles. The highest BCUT2D eigenvalue weighted by Gasteiger charge is 2.23. The molecule has 1 amide bonds. The largest absolute Gasteiger partial charge is 0.397 e. The van der Waals surface area contributed by atoms with E-state index in [1.165, 1.54) is 0 Å². The molecule has 1 atom stereocenters. The highest BCUT2D eigenvalue weighted by atomic mass is 79.9. The maximum Gasteiger partial charge on any atom is 0.222 e. The molecule has 0 saturated carbocycles. The van der Waals surface area contributed by atoms with Gasteiger partial charge in [0.1, 0.15) is 5.82 Å². The number of likely N-dealkylation sites (tertiary alicyclic amines) is 1. The number of carbonyl (C=O) groups is 1. The highest BCUT2D eigenvalue weighted by Crippen LogP contribution is 2.24. The zero-order valence-corrected chi connectivity index (χ0v) is 11.2. The molecule has 2 heterocycles. The van der Waals surface area contributed by atoms with E-state index in [4.69, 9.17) is 5.73 Å². The van der Waals surface area contributed by atoms with Crippen LogP contribution in [0.15, 0.2) is 16.7 Å². The molecular formula is C11H15BrN4O. The predicted molar refractivity (Wildman–Crippen MR) is 70.6 cm³/mol. The van der Waals surface area contributed by atoms with Crippen LogP contribution in [0.5, 0.6) is 0 Å². The number of amides is 1. The quantitative estimate of drug-likeness (QED) is 0.867. The Balaban J connectivity index is 2.03. The molecule has 1 saturated heterocycles. The second kappa shape index (κ2) is 4.91. The normalized spacial score (nSPS) is 20.5. The van der Waals surface area contributed by atoms with Crippen LogP contribution in [0.2, 0.25) is 0 Å². The molecule has 92 valence electrons. The van der Waals surface area contributed by atoms with Crippen LogP contribution in [-0.4, -0.2) is 35.4 Å². The molecule has 0 radical (unpaired) electrons. The number of nitrogens with one attached hydrogen (secondary N) is 1. The number of carbonyl (C=O) groups excluding carboxylic acids is 1. The van der Waals surface area contributed by atoms with Gasteiger partial charge in [-0.25, -0.2) is 4.98 Å². The zero-order chi connectivity index (χ0) is 12.4. The number of likely N-dealkylation sites (N-methyl/N-ethyl adjacent to an activating group) is 1. The first-order chi connectivity index (χ1) is 8.06. The van der Waals surface area contributed by atoms with Crippen LogP contribution in [0.1, 0.15) is 12.8 Å². The van der Waals surface area contributed by atoms with Gasteiger partial charge in [-0.1, -0.05) is 0 Å². The molecule has 0 spiro atoms. The molecule has 1 unspecified atom stereocenters. The molecule has 2 rings (SSSR count). The van der Waals surface area contributed by atoms with Gasteiger partial charge < -0.3 is 16.0 Å². The predicted octanol–water partition coefficient (Wildman–Crippen LogP) is 1.46. The Labute approximate surface area is 109 Å². The number of hydrogen-bond acceptors (Lipinski definition) is 4. The van der Waals surface area contributed by atoms with Gasteiger partial charge >= 0.3 is 0 Å². The number of anilines is 2. The summed E-state index contributed by atoms with van der Waals surface area (Å²) in [5.74, 6) is 0.972. The second-order valence-electron chi connectivity index (χ2n) is 4.25. The Hall–Kier alpha value is -1.30. The van der Waals surface area contributed by atoms with Crippen molar-refractivity contribution in [2.45, 2.75) is 18.9 Å². The lowest BCUT2D eigenvalue weighted by Gasteiger charge is -2.30. The summed E-state index contributed by atoms with van der Waals surface area (Å²) in [6, 6.07) is 2.05. The number of hydrogen-bond donors (Lipinski definition) is 2. The Morgan fingerprint density at radius 1 is 1.65 bits per heavy atom. The summed E-state index contributed by atoms with van der Waals surface area (Å²) in [5, 5.41) is 3.32. The lowest BCUT2D eigenvalue weighted by molar-refractivity contribution is -0.132. The maximum atomic E-state index is 11.4. The number of rotatable bonds is 2. The van der Waals surface area contributed by atoms with E-state index in [9.17, 15) is 4.79 Å². The van der Waals surface area contributed by atoms with Crippen LogP contribution in [0.25, 0.3) is 0 Å². The van der Waals surface area contributed by atoms with Gasteiger partial charge in [0.2, 0.25) is 5.91 Å². The third-order valence-corrected chi connectivity index (χ3v) is 3.43. The van der Waals surface area contributed by atoms with E-state index in [0.717, 1.165) is 16.7 Å². The summed E-state index contributed by atoms with van der Waals surface area (Å²) in [6.45, 7) is 0.706. The molecule has 0 bridgehead atoms. The first kappa shape index (κ1) is 12.2. The minimum Gasteiger partial charge on any atom is -0.397 e. The van der Waals surface area contributed by atoms with Crippen LogP contribution < -0.4 is 11.1 Å². The lowest BCUT2D eigenvalue weighted by Crippen LogP contribution is -2.43. The van der Waals surface area contributed by atoms with Gasteiger partial charge in [-0.2, -0.15) is 0 Å². The van der Waals surface area contributed by atoms with Crippen molar-refractivity contribution in [3.05, 3.63) is 16.7 Å². The topological polar surface area (TPSA) is 71.2 Å². The van der Waals surface area contributed by atoms with Crippen LogP contribution in [0, 0.1) is 0 Å². The average Bonchev–Trinajstić information content (AvgIpc) is 2.27. The maximum absolute atomic E-state index is 11.4. The highest BCUT2D eigenvalue weighted by molar-refractivity contribution is 9.10. The lowest BCUT2D eigenvalue weighted by atomic mass is 10.1. The Bertz CT molecular complexity index is 437. The molecule has 1 aromatic heterocycles. The third kappa shape index (κ3) is 2.88. The van der Waals surface area contributed by atoms with Gasteiger partial charge in [-0.15, -0.1) is 0 Å². The molecule has 17 heavy (non-hydrogen) atoms. The van der Waals surface area contributed by atoms with Crippen molar-refractivity contribution < 1.29 is 4.79 Å². The third-order valence-electron chi connectivity index (χ3n) is 2.83. The number of halogens is 1. The van der Waals surface area contributed by atoms with Crippen molar-refractivity contribution >= 4 is 33.3 Å². The van der Waals surface area contributed by atoms with Gasteiger partial charge in [0.15, 0.2) is 0 Å². The number of piperidine rings is 1. The molecule has 1 aromatic rings. The Morgan fingerprint density at radius 3 is 3.06 bits per heavy atom. The van der Waals surface area contributed by atoms with E-state index in [2.05, 4.69) is 26.2 Å². The minimum absolute atomic E-state index is 0.201. The van der Waals surface area contributed by atoms with Crippen molar-refractivity contribution in [1.29, 1.82) is 0 Å². The molecule has 0 aliphatic carbocycles. The SMILES string of the molecule is CN1CC(Nc2ncc(N)cc2Br)CCC1=O. The van der Waals surface area contributed by atoms with E-state index in [1.807, 2.05) is 13.1 Å². The monoisotopic (exact) mass is 298 g/mol. The number of pyridine rings is 1. The van der Waals surface area contributed by atoms with Crippen molar-refractivity contribution in [2.24, 2.45) is 0 Å². The van der Waals surface area contributed by atoms with Gasteiger partial charge in [0.05, 0.1) is 16.4 Å². The fourth-order valence-electron chi connectivity index (χ4n) is 1.88. The van der Waals surface area contributed by atoms with Crippen molar-refractivity contribution in [2.75, 3.05) is 24.6 Å². The van der Waals surface area contributed by atoms with Crippen LogP contribution in [0.4, 0.5) is 11.5 Å². The summed E-state index contributed by atoms with van der Waals surface area (Å²) in [6.07, 6.45) is 3.03. The molecule has 5 nitrogen and oxygen atoms in total. The van der Waals surface area contributed by atoms with Crippen molar-refractivity contribution in [1.82, 2.24) is 9.88 Å². The number of aromatic nitrogens is 1. The molecular weight excluding hydrogens is 284 g/mol. The summed E-state index contributed by atoms with van der Waals surface area (Å²) >= 11 is 3.42. The fraction of sp³-hybridized carbons (Fsp3) is 0.455. The van der Waals surface area contributed by atoms with Gasteiger partial charge in [-0.05, 0) is 28.4 Å². The summed E-state index contributed by atoms with van der Waals surface area (Å²) in [5.41, 5.74) is 6.25. The van der Waals surface area contributed by atoms with Gasteiger partial charge in [0, 0.05) is 26.1 Å². The summed E-state index contributed by atoms with van der Waals surface area (Å²) < 4.78 is 0.844. The second-order valence-corrected chi connectivity index (χ2v) is 5.11. The van der Waals surface area contributed by atoms with E-state index >= 15 is 0 Å². The molecule has 6 heteroatoms. The number of nitrogen functional groups attached to an aromatic ring is 1. The van der Waals surface area contributed by atoms with Crippen molar-refractivity contribution in [3.63, 3.8) is 0 Å². The fourth-order valence-corrected chi connectivity index (χ4v) is 2.36. The molecule has 3 N–H and O–H groups in total. The van der Waals surface area contributed by atoms with Crippen LogP contribution in [-0.2, 0) is 4.79 Å². The first-order valence-corrected chi connectivity index (χ1v) is 6.27. The number of nitrogens with two attached hydrogens (primary N) is 1. The van der Waals surface area contributed by atoms with E-state index in [0.29, 0.717) is 18.7 Å². The standard InChI is InChI=1S/C11H15BrN4O/c1-16-6-8(2-3-10(16)17)15-11-9(12)4-7(13)5-14-11/h4-5,8H,2-3,6,13H2,1H3,(H,14,15). The van der Waals surface area contributed by atoms with Crippen molar-refractivity contribution in [3.8, 4) is 0 Å². The zero-order valence-electron chi connectivity index (χ0n) is 9.61. The Kier molecular flexibility index (Phi) is 3.51. The number of nitrogens with zero attached hydrogens (tertiary/aromatic N) is 2. The smallest absolute Gasteiger partial charge is 0.222 e. The van der Waals surface area contributed by atoms with Gasteiger partial charge in [-0.3, -0.25) is 4.79 Å². The first-order valence-electron chi connectivity index (χ1n) is 5.48. The van der Waals surface area contributed by atoms with E-state index in [-0.39, 0.29) is 11.9 Å². The van der Waals surface area contributed by atoms with Gasteiger partial charge in [0.25, 0.3) is 0 Å². The van der Waals surface area contributed by atoms with E-state index in [1.54, 1.807) is 11.1 Å².